The number of ether oxygens (including phenoxy) is 1. The summed E-state index contributed by atoms with van der Waals surface area (Å²) in [5.41, 5.74) is 1.45. The first-order valence-corrected chi connectivity index (χ1v) is 14.3. The van der Waals surface area contributed by atoms with Crippen LogP contribution in [0.3, 0.4) is 0 Å². The smallest absolute Gasteiger partial charge is 0.423 e. The van der Waals surface area contributed by atoms with Crippen LogP contribution in [0.1, 0.15) is 49.1 Å². The van der Waals surface area contributed by atoms with E-state index in [9.17, 15) is 28.1 Å². The first kappa shape index (κ1) is 29.6. The molecule has 0 saturated carbocycles. The average molecular weight is 582 g/mol. The second kappa shape index (κ2) is 12.9. The summed E-state index contributed by atoms with van der Waals surface area (Å²) >= 11 is 0. The van der Waals surface area contributed by atoms with Gasteiger partial charge < -0.3 is 14.5 Å². The van der Waals surface area contributed by atoms with Crippen molar-refractivity contribution in [2.45, 2.75) is 50.3 Å². The Kier molecular flexibility index (Phi) is 9.11. The van der Waals surface area contributed by atoms with Crippen LogP contribution >= 0.6 is 0 Å². The second-order valence-corrected chi connectivity index (χ2v) is 11.0. The van der Waals surface area contributed by atoms with Gasteiger partial charge >= 0.3 is 6.18 Å². The molecule has 3 aromatic rings. The number of piperidine rings is 2. The highest BCUT2D eigenvalue weighted by Gasteiger charge is 2.39. The molecule has 5 rings (SSSR count). The van der Waals surface area contributed by atoms with Crippen molar-refractivity contribution in [3.8, 4) is 16.9 Å². The minimum atomic E-state index is -4.86. The lowest BCUT2D eigenvalue weighted by Gasteiger charge is -2.34. The molecule has 0 bridgehead atoms. The fraction of sp³-hybridized carbons (Fsp3) is 0.406. The van der Waals surface area contributed by atoms with Gasteiger partial charge in [-0.3, -0.25) is 14.9 Å². The molecule has 7 nitrogen and oxygen atoms in total. The highest BCUT2D eigenvalue weighted by Crippen LogP contribution is 2.38. The van der Waals surface area contributed by atoms with Crippen LogP contribution < -0.4 is 4.74 Å². The molecular formula is C32H34F3N3O4. The molecule has 0 unspecified atom stereocenters. The maximum Gasteiger partial charge on any atom is 0.423 e. The topological polar surface area (TPSA) is 75.9 Å². The number of nitro groups is 1. The Morgan fingerprint density at radius 3 is 2.14 bits per heavy atom. The van der Waals surface area contributed by atoms with E-state index in [1.165, 1.54) is 22.8 Å². The third-order valence-electron chi connectivity index (χ3n) is 8.29. The number of hydrogen-bond acceptors (Lipinski definition) is 5. The van der Waals surface area contributed by atoms with Gasteiger partial charge in [-0.25, -0.2) is 0 Å². The van der Waals surface area contributed by atoms with Crippen molar-refractivity contribution in [1.29, 1.82) is 0 Å². The molecule has 0 radical (unpaired) electrons. The average Bonchev–Trinajstić information content (AvgIpc) is 3.00. The molecule has 0 atom stereocenters. The monoisotopic (exact) mass is 581 g/mol. The van der Waals surface area contributed by atoms with Crippen molar-refractivity contribution in [2.75, 3.05) is 32.7 Å². The molecule has 0 N–H and O–H groups in total. The number of rotatable bonds is 8. The lowest BCUT2D eigenvalue weighted by molar-refractivity contribution is -0.388. The van der Waals surface area contributed by atoms with E-state index in [1.54, 1.807) is 4.90 Å². The van der Waals surface area contributed by atoms with Crippen LogP contribution in [0.2, 0.25) is 0 Å². The first-order valence-electron chi connectivity index (χ1n) is 14.3. The number of benzene rings is 3. The zero-order valence-corrected chi connectivity index (χ0v) is 23.3. The van der Waals surface area contributed by atoms with E-state index in [0.717, 1.165) is 32.0 Å². The normalized spacial score (nSPS) is 17.3. The lowest BCUT2D eigenvalue weighted by atomic mass is 9.88. The molecule has 0 aliphatic carbocycles. The molecule has 42 heavy (non-hydrogen) atoms. The molecule has 2 aliphatic rings. The number of nitrogens with zero attached hydrogens (tertiary/aromatic N) is 3. The van der Waals surface area contributed by atoms with Gasteiger partial charge in [-0.05, 0) is 60.7 Å². The third-order valence-corrected chi connectivity index (χ3v) is 8.29. The number of carbonyl (C=O) groups is 1. The van der Waals surface area contributed by atoms with Gasteiger partial charge in [0.25, 0.3) is 5.69 Å². The molecule has 2 heterocycles. The van der Waals surface area contributed by atoms with Crippen LogP contribution in [0.4, 0.5) is 18.9 Å². The van der Waals surface area contributed by atoms with Gasteiger partial charge in [0.1, 0.15) is 17.4 Å². The highest BCUT2D eigenvalue weighted by molar-refractivity contribution is 5.76. The zero-order valence-electron chi connectivity index (χ0n) is 23.3. The van der Waals surface area contributed by atoms with Gasteiger partial charge in [0, 0.05) is 45.0 Å². The Morgan fingerprint density at radius 2 is 1.52 bits per heavy atom. The number of amides is 1. The summed E-state index contributed by atoms with van der Waals surface area (Å²) in [6.07, 6.45) is -1.71. The zero-order chi connectivity index (χ0) is 29.7. The number of likely N-dealkylation sites (tertiary alicyclic amines) is 2. The number of hydrogen-bond donors (Lipinski definition) is 0. The van der Waals surface area contributed by atoms with E-state index in [4.69, 9.17) is 4.74 Å². The van der Waals surface area contributed by atoms with Crippen LogP contribution in [0, 0.1) is 10.1 Å². The Labute approximate surface area is 243 Å². The van der Waals surface area contributed by atoms with Crippen molar-refractivity contribution >= 4 is 11.6 Å². The summed E-state index contributed by atoms with van der Waals surface area (Å²) in [5.74, 6) is 0.527. The SMILES string of the molecule is O=C(CCN1CCC(c2ccc(-c3ccccc3)cc2)CC1)N1CCC(Oc2ccc([N+](=O)[O-])c(C(F)(F)F)c2)CC1. The summed E-state index contributed by atoms with van der Waals surface area (Å²) < 4.78 is 45.5. The Hall–Kier alpha value is -3.92. The lowest BCUT2D eigenvalue weighted by Crippen LogP contribution is -2.43. The van der Waals surface area contributed by atoms with Crippen LogP contribution in [-0.2, 0) is 11.0 Å². The minimum Gasteiger partial charge on any atom is -0.490 e. The molecule has 222 valence electrons. The van der Waals surface area contributed by atoms with Gasteiger partial charge in [-0.2, -0.15) is 13.2 Å². The minimum absolute atomic E-state index is 0.0618. The maximum atomic E-state index is 13.3. The van der Waals surface area contributed by atoms with Crippen LogP contribution in [-0.4, -0.2) is 59.5 Å². The number of nitro benzene ring substituents is 1. The highest BCUT2D eigenvalue weighted by atomic mass is 19.4. The molecule has 0 aromatic heterocycles. The molecule has 10 heteroatoms. The summed E-state index contributed by atoms with van der Waals surface area (Å²) in [6.45, 7) is 3.53. The van der Waals surface area contributed by atoms with E-state index in [-0.39, 0.29) is 17.8 Å². The molecule has 2 aliphatic heterocycles. The maximum absolute atomic E-state index is 13.3. The van der Waals surface area contributed by atoms with E-state index >= 15 is 0 Å². The Balaban J connectivity index is 1.04. The van der Waals surface area contributed by atoms with Crippen LogP contribution in [0.15, 0.2) is 72.8 Å². The fourth-order valence-electron chi connectivity index (χ4n) is 5.87. The first-order chi connectivity index (χ1) is 20.2. The predicted molar refractivity (Wildman–Crippen MR) is 153 cm³/mol. The van der Waals surface area contributed by atoms with Crippen molar-refractivity contribution in [3.63, 3.8) is 0 Å². The largest absolute Gasteiger partial charge is 0.490 e. The Bertz CT molecular complexity index is 1370. The van der Waals surface area contributed by atoms with E-state index in [0.29, 0.717) is 50.9 Å². The second-order valence-electron chi connectivity index (χ2n) is 11.0. The van der Waals surface area contributed by atoms with E-state index in [2.05, 4.69) is 41.3 Å². The number of alkyl halides is 3. The van der Waals surface area contributed by atoms with Crippen molar-refractivity contribution in [3.05, 3.63) is 94.0 Å². The summed E-state index contributed by atoms with van der Waals surface area (Å²) in [6, 6.07) is 21.9. The van der Waals surface area contributed by atoms with Crippen LogP contribution in [0.5, 0.6) is 5.75 Å². The molecule has 0 spiro atoms. The van der Waals surface area contributed by atoms with Gasteiger partial charge in [0.2, 0.25) is 5.91 Å². The molecule has 2 saturated heterocycles. The fourth-order valence-corrected chi connectivity index (χ4v) is 5.87. The molecular weight excluding hydrogens is 547 g/mol. The van der Waals surface area contributed by atoms with E-state index in [1.807, 2.05) is 18.2 Å². The third kappa shape index (κ3) is 7.28. The van der Waals surface area contributed by atoms with Crippen molar-refractivity contribution in [2.24, 2.45) is 0 Å². The summed E-state index contributed by atoms with van der Waals surface area (Å²) in [5, 5.41) is 11.0. The number of carbonyl (C=O) groups excluding carboxylic acids is 1. The van der Waals surface area contributed by atoms with Crippen LogP contribution in [0.25, 0.3) is 11.1 Å². The standard InChI is InChI=1S/C32H34F3N3O4/c33-32(34,35)29-22-28(10-11-30(29)38(40)41)42-27-14-20-37(21-15-27)31(39)16-19-36-17-12-26(13-18-36)25-8-6-24(7-9-25)23-4-2-1-3-5-23/h1-11,22,26-27H,12-21H2. The van der Waals surface area contributed by atoms with Gasteiger partial charge in [-0.1, -0.05) is 54.6 Å². The molecule has 2 fully saturated rings. The van der Waals surface area contributed by atoms with Gasteiger partial charge in [-0.15, -0.1) is 0 Å². The van der Waals surface area contributed by atoms with E-state index < -0.39 is 22.4 Å². The van der Waals surface area contributed by atoms with Crippen molar-refractivity contribution < 1.29 is 27.6 Å². The summed E-state index contributed by atoms with van der Waals surface area (Å²) in [7, 11) is 0. The predicted octanol–water partition coefficient (Wildman–Crippen LogP) is 6.92. The van der Waals surface area contributed by atoms with Gasteiger partial charge in [0.15, 0.2) is 0 Å². The molecule has 3 aromatic carbocycles. The van der Waals surface area contributed by atoms with Gasteiger partial charge in [0.05, 0.1) is 4.92 Å². The molecule has 1 amide bonds. The van der Waals surface area contributed by atoms with Crippen molar-refractivity contribution in [1.82, 2.24) is 9.80 Å². The quantitative estimate of drug-likeness (QED) is 0.213. The summed E-state index contributed by atoms with van der Waals surface area (Å²) in [4.78, 5) is 26.9. The Morgan fingerprint density at radius 1 is 0.881 bits per heavy atom. The number of halogens is 3.